The highest BCUT2D eigenvalue weighted by molar-refractivity contribution is 8.07. The van der Waals surface area contributed by atoms with Crippen molar-refractivity contribution in [3.8, 4) is 22.7 Å². The predicted molar refractivity (Wildman–Crippen MR) is 258 cm³/mol. The molecule has 8 aromatic rings. The van der Waals surface area contributed by atoms with Gasteiger partial charge in [0.25, 0.3) is 0 Å². The Morgan fingerprint density at radius 1 is 0.411 bits per heavy atom. The van der Waals surface area contributed by atoms with E-state index in [1.807, 2.05) is 66.7 Å². The van der Waals surface area contributed by atoms with Crippen LogP contribution in [0, 0.1) is 11.2 Å². The van der Waals surface area contributed by atoms with Gasteiger partial charge < -0.3 is 4.74 Å². The number of alkyl halides is 12. The lowest BCUT2D eigenvalue weighted by atomic mass is 9.13. The molecule has 0 spiro atoms. The summed E-state index contributed by atoms with van der Waals surface area (Å²) in [6, 6.07) is 48.2. The molecule has 0 heterocycles. The molecule has 0 N–H and O–H groups in total. The minimum Gasteiger partial charge on any atom is -0.457 e. The Morgan fingerprint density at radius 2 is 0.726 bits per heavy atom. The summed E-state index contributed by atoms with van der Waals surface area (Å²) in [5.41, 5.74) is -3.07. The highest BCUT2D eigenvalue weighted by Crippen LogP contribution is 2.33. The van der Waals surface area contributed by atoms with Crippen molar-refractivity contribution in [2.45, 2.75) is 29.6 Å². The zero-order chi connectivity index (χ0) is 52.7. The van der Waals surface area contributed by atoms with Gasteiger partial charge in [0, 0.05) is 11.1 Å². The standard InChI is InChI=1S/C28H16BF12.C28H21O3S/c30-25(31,32)17-1-9-21(10-2-17)29(22-11-3-18(4-12-22)26(33,34)35,23-13-5-19(6-14-23)27(36,37)38)24-15-7-20(8-16-24)28(39,40)41;29-28(24-16-18-26(19-17-24)31-25-12-6-2-7-13-25)22-32(30,27-14-8-3-9-15-27)21-20-23-10-4-1-5-11-23/h1-16H;1-19H,22H2/q-1;+1. The molecule has 372 valence electrons. The van der Waals surface area contributed by atoms with E-state index in [2.05, 4.69) is 11.2 Å². The van der Waals surface area contributed by atoms with Crippen LogP contribution in [0.5, 0.6) is 11.5 Å². The maximum atomic E-state index is 13.8. The Labute approximate surface area is 412 Å². The molecule has 0 fully saturated rings. The summed E-state index contributed by atoms with van der Waals surface area (Å²) in [6.07, 6.45) is -22.0. The van der Waals surface area contributed by atoms with Crippen molar-refractivity contribution in [1.82, 2.24) is 0 Å². The van der Waals surface area contributed by atoms with Crippen molar-refractivity contribution in [3.63, 3.8) is 0 Å². The van der Waals surface area contributed by atoms with E-state index >= 15 is 0 Å². The molecule has 17 heteroatoms. The third-order valence-corrected chi connectivity index (χ3v) is 13.8. The summed E-state index contributed by atoms with van der Waals surface area (Å²) in [5, 5.41) is 2.91. The molecule has 0 bridgehead atoms. The minimum absolute atomic E-state index is 0.0114. The molecular weight excluding hydrogens is 991 g/mol. The number of hydrogen-bond donors (Lipinski definition) is 0. The van der Waals surface area contributed by atoms with Crippen LogP contribution in [0.15, 0.2) is 217 Å². The quantitative estimate of drug-likeness (QED) is 0.0451. The number of benzene rings is 8. The zero-order valence-electron chi connectivity index (χ0n) is 37.7. The van der Waals surface area contributed by atoms with Gasteiger partial charge in [0.1, 0.15) is 17.6 Å². The smallest absolute Gasteiger partial charge is 0.416 e. The van der Waals surface area contributed by atoms with Crippen LogP contribution >= 0.6 is 0 Å². The van der Waals surface area contributed by atoms with Gasteiger partial charge in [0.2, 0.25) is 15.7 Å². The maximum absolute atomic E-state index is 13.8. The second-order valence-corrected chi connectivity index (χ2v) is 18.7. The number of rotatable bonds is 10. The van der Waals surface area contributed by atoms with Crippen LogP contribution in [-0.2, 0) is 38.8 Å². The number of hydrogen-bond acceptors (Lipinski definition) is 3. The van der Waals surface area contributed by atoms with Crippen LogP contribution in [-0.4, -0.2) is 17.7 Å². The average molecular weight is 1030 g/mol. The first-order valence-corrected chi connectivity index (χ1v) is 23.6. The van der Waals surface area contributed by atoms with E-state index in [1.54, 1.807) is 48.5 Å². The first-order valence-electron chi connectivity index (χ1n) is 21.8. The van der Waals surface area contributed by atoms with Crippen molar-refractivity contribution in [2.24, 2.45) is 0 Å². The molecule has 0 radical (unpaired) electrons. The largest absolute Gasteiger partial charge is 0.457 e. The number of carbonyl (C=O) groups is 1. The lowest BCUT2D eigenvalue weighted by molar-refractivity contribution is -0.138. The van der Waals surface area contributed by atoms with Crippen molar-refractivity contribution in [2.75, 3.05) is 5.75 Å². The van der Waals surface area contributed by atoms with Gasteiger partial charge in [-0.05, 0) is 66.6 Å². The van der Waals surface area contributed by atoms with E-state index in [1.165, 1.54) is 0 Å². The van der Waals surface area contributed by atoms with Crippen LogP contribution in [0.3, 0.4) is 0 Å². The van der Waals surface area contributed by atoms with E-state index in [0.29, 0.717) is 64.7 Å². The van der Waals surface area contributed by atoms with Crippen LogP contribution < -0.4 is 26.6 Å². The Bertz CT molecular complexity index is 2990. The fourth-order valence-electron chi connectivity index (χ4n) is 8.08. The van der Waals surface area contributed by atoms with Crippen molar-refractivity contribution < 1.29 is 66.4 Å². The van der Waals surface area contributed by atoms with Crippen molar-refractivity contribution in [1.29, 1.82) is 0 Å². The van der Waals surface area contributed by atoms with Crippen LogP contribution in [0.25, 0.3) is 0 Å². The van der Waals surface area contributed by atoms with Gasteiger partial charge in [-0.3, -0.25) is 4.79 Å². The van der Waals surface area contributed by atoms with E-state index in [0.717, 1.165) is 59.8 Å². The topological polar surface area (TPSA) is 43.4 Å². The zero-order valence-corrected chi connectivity index (χ0v) is 38.5. The fourth-order valence-corrected chi connectivity index (χ4v) is 9.85. The Balaban J connectivity index is 0.000000220. The fraction of sp³-hybridized carbons (Fsp3) is 0.0893. The first kappa shape index (κ1) is 53.0. The Hall–Kier alpha value is -7.84. The van der Waals surface area contributed by atoms with E-state index in [-0.39, 0.29) is 33.4 Å². The Morgan fingerprint density at radius 3 is 1.07 bits per heavy atom. The number of para-hydroxylation sites is 1. The summed E-state index contributed by atoms with van der Waals surface area (Å²) >= 11 is 0. The van der Waals surface area contributed by atoms with Crippen LogP contribution in [0.1, 0.15) is 38.2 Å². The SMILES string of the molecule is FC(F)(F)c1ccc([B-](c2ccc(C(F)(F)F)cc2)(c2ccc(C(F)(F)F)cc2)c2ccc(C(F)(F)F)cc2)cc1.O=C(C[S+](=O)(C#Cc1ccccc1)c1ccccc1)c1ccc(Oc2ccccc2)cc1. The molecular formula is C56H37BF12O3S. The van der Waals surface area contributed by atoms with Crippen LogP contribution in [0.4, 0.5) is 52.7 Å². The van der Waals surface area contributed by atoms with Crippen molar-refractivity contribution in [3.05, 3.63) is 246 Å². The predicted octanol–water partition coefficient (Wildman–Crippen LogP) is 13.4. The minimum atomic E-state index is -4.77. The molecule has 0 aromatic heterocycles. The summed E-state index contributed by atoms with van der Waals surface area (Å²) in [5.74, 6) is 3.91. The van der Waals surface area contributed by atoms with E-state index < -0.39 is 63.0 Å². The number of carbonyl (C=O) groups excluding carboxylic acids is 1. The highest BCUT2D eigenvalue weighted by atomic mass is 32.2. The molecule has 1 atom stereocenters. The molecule has 3 nitrogen and oxygen atoms in total. The lowest BCUT2D eigenvalue weighted by Gasteiger charge is -2.44. The van der Waals surface area contributed by atoms with E-state index in [4.69, 9.17) is 4.74 Å². The molecule has 0 aliphatic rings. The third kappa shape index (κ3) is 12.8. The van der Waals surface area contributed by atoms with E-state index in [9.17, 15) is 61.7 Å². The molecule has 0 aliphatic heterocycles. The maximum Gasteiger partial charge on any atom is 0.416 e. The summed E-state index contributed by atoms with van der Waals surface area (Å²) in [7, 11) is -2.91. The second kappa shape index (κ2) is 21.5. The molecule has 0 saturated heterocycles. The molecule has 8 rings (SSSR count). The number of ketones is 1. The summed E-state index contributed by atoms with van der Waals surface area (Å²) < 4.78 is 180. The molecule has 0 saturated carbocycles. The van der Waals surface area contributed by atoms with Gasteiger partial charge >= 0.3 is 24.7 Å². The molecule has 0 amide bonds. The van der Waals surface area contributed by atoms with Gasteiger partial charge in [0.05, 0.1) is 22.3 Å². The highest BCUT2D eigenvalue weighted by Gasteiger charge is 2.39. The van der Waals surface area contributed by atoms with Crippen LogP contribution in [0.2, 0.25) is 0 Å². The Kier molecular flexibility index (Phi) is 15.6. The van der Waals surface area contributed by atoms with Gasteiger partial charge in [-0.25, -0.2) is 0 Å². The number of halogens is 12. The monoisotopic (exact) mass is 1030 g/mol. The third-order valence-electron chi connectivity index (χ3n) is 11.7. The summed E-state index contributed by atoms with van der Waals surface area (Å²) in [6.45, 7) is 0. The van der Waals surface area contributed by atoms with Gasteiger partial charge in [-0.15, -0.1) is 0 Å². The van der Waals surface area contributed by atoms with Gasteiger partial charge in [0.15, 0.2) is 15.9 Å². The van der Waals surface area contributed by atoms with Crippen molar-refractivity contribution >= 4 is 43.7 Å². The molecule has 73 heavy (non-hydrogen) atoms. The average Bonchev–Trinajstić information content (AvgIpc) is 3.37. The molecule has 1 unspecified atom stereocenters. The summed E-state index contributed by atoms with van der Waals surface area (Å²) in [4.78, 5) is 13.6. The molecule has 8 aromatic carbocycles. The normalized spacial score (nSPS) is 12.8. The number of Topliss-reactive ketones (excluding diaryl/α,β-unsaturated/α-hetero) is 1. The number of ether oxygens (including phenoxy) is 1. The lowest BCUT2D eigenvalue weighted by Crippen LogP contribution is -2.74. The van der Waals surface area contributed by atoms with Gasteiger partial charge in [-0.2, -0.15) is 74.5 Å². The second-order valence-electron chi connectivity index (χ2n) is 16.4. The first-order chi connectivity index (χ1) is 34.5. The molecule has 0 aliphatic carbocycles. The van der Waals surface area contributed by atoms with Gasteiger partial charge in [-0.1, -0.05) is 156 Å².